The molecule has 2 aromatic rings. The molecular formula is C9H9BrN2. The van der Waals surface area contributed by atoms with Crippen LogP contribution < -0.4 is 0 Å². The van der Waals surface area contributed by atoms with Crippen LogP contribution in [0.2, 0.25) is 0 Å². The smallest absolute Gasteiger partial charge is 0.138 e. The molecule has 62 valence electrons. The summed E-state index contributed by atoms with van der Waals surface area (Å²) in [5.41, 5.74) is 3.23. The number of halogens is 1. The lowest BCUT2D eigenvalue weighted by Crippen LogP contribution is -1.89. The van der Waals surface area contributed by atoms with Gasteiger partial charge in [0.15, 0.2) is 0 Å². The summed E-state index contributed by atoms with van der Waals surface area (Å²) < 4.78 is 3.14. The van der Waals surface area contributed by atoms with Crippen LogP contribution in [-0.4, -0.2) is 9.38 Å². The summed E-state index contributed by atoms with van der Waals surface area (Å²) in [5, 5.41) is 0. The second kappa shape index (κ2) is 2.59. The van der Waals surface area contributed by atoms with Gasteiger partial charge in [0.05, 0.1) is 5.69 Å². The summed E-state index contributed by atoms with van der Waals surface area (Å²) in [6.07, 6.45) is 0. The van der Waals surface area contributed by atoms with Crippen LogP contribution in [0.1, 0.15) is 11.4 Å². The van der Waals surface area contributed by atoms with Gasteiger partial charge in [0, 0.05) is 5.69 Å². The Bertz CT molecular complexity index is 431. The van der Waals surface area contributed by atoms with E-state index in [1.54, 1.807) is 0 Å². The van der Waals surface area contributed by atoms with Crippen LogP contribution in [0, 0.1) is 13.8 Å². The van der Waals surface area contributed by atoms with Crippen molar-refractivity contribution >= 4 is 21.6 Å². The summed E-state index contributed by atoms with van der Waals surface area (Å²) in [6, 6.07) is 6.09. The number of aromatic nitrogens is 2. The molecule has 0 bridgehead atoms. The zero-order chi connectivity index (χ0) is 8.72. The third-order valence-electron chi connectivity index (χ3n) is 1.94. The van der Waals surface area contributed by atoms with E-state index in [0.29, 0.717) is 0 Å². The summed E-state index contributed by atoms with van der Waals surface area (Å²) >= 11 is 3.50. The van der Waals surface area contributed by atoms with Gasteiger partial charge in [0.1, 0.15) is 10.3 Å². The van der Waals surface area contributed by atoms with Crippen molar-refractivity contribution in [1.29, 1.82) is 0 Å². The number of imidazole rings is 1. The van der Waals surface area contributed by atoms with Crippen LogP contribution in [-0.2, 0) is 0 Å². The van der Waals surface area contributed by atoms with E-state index in [0.717, 1.165) is 15.9 Å². The van der Waals surface area contributed by atoms with E-state index in [4.69, 9.17) is 0 Å². The van der Waals surface area contributed by atoms with Crippen LogP contribution in [0.25, 0.3) is 5.65 Å². The molecule has 0 N–H and O–H groups in total. The average molecular weight is 225 g/mol. The first-order valence-corrected chi connectivity index (χ1v) is 4.59. The van der Waals surface area contributed by atoms with Crippen LogP contribution in [0.4, 0.5) is 0 Å². The minimum atomic E-state index is 0.999. The lowest BCUT2D eigenvalue weighted by atomic mass is 10.4. The van der Waals surface area contributed by atoms with Crippen molar-refractivity contribution in [2.45, 2.75) is 13.8 Å². The first-order chi connectivity index (χ1) is 5.70. The van der Waals surface area contributed by atoms with Crippen molar-refractivity contribution in [3.63, 3.8) is 0 Å². The normalized spacial score (nSPS) is 10.9. The second-order valence-corrected chi connectivity index (χ2v) is 3.60. The highest BCUT2D eigenvalue weighted by atomic mass is 79.9. The minimum Gasteiger partial charge on any atom is -0.291 e. The highest BCUT2D eigenvalue weighted by Gasteiger charge is 2.05. The molecule has 0 aliphatic rings. The molecule has 0 aromatic carbocycles. The molecule has 0 spiro atoms. The molecule has 12 heavy (non-hydrogen) atoms. The molecule has 2 rings (SSSR count). The molecule has 0 aliphatic heterocycles. The molecule has 2 heterocycles. The fraction of sp³-hybridized carbons (Fsp3) is 0.222. The van der Waals surface area contributed by atoms with Gasteiger partial charge in [-0.3, -0.25) is 4.40 Å². The van der Waals surface area contributed by atoms with Gasteiger partial charge in [-0.15, -0.1) is 0 Å². The number of nitrogens with zero attached hydrogens (tertiary/aromatic N) is 2. The van der Waals surface area contributed by atoms with E-state index < -0.39 is 0 Å². The van der Waals surface area contributed by atoms with E-state index in [1.807, 2.05) is 19.1 Å². The number of hydrogen-bond donors (Lipinski definition) is 0. The molecule has 0 unspecified atom stereocenters. The third kappa shape index (κ3) is 0.966. The standard InChI is InChI=1S/C9H9BrN2/c1-6-4-3-5-8-11-7(2)9(10)12(6)8/h3-5H,1-2H3. The van der Waals surface area contributed by atoms with Gasteiger partial charge in [-0.05, 0) is 41.9 Å². The molecular weight excluding hydrogens is 216 g/mol. The molecule has 0 aliphatic carbocycles. The van der Waals surface area contributed by atoms with E-state index in [9.17, 15) is 0 Å². The summed E-state index contributed by atoms with van der Waals surface area (Å²) in [5.74, 6) is 0. The molecule has 2 aromatic heterocycles. The van der Waals surface area contributed by atoms with Crippen LogP contribution in [0.15, 0.2) is 22.8 Å². The number of hydrogen-bond acceptors (Lipinski definition) is 1. The van der Waals surface area contributed by atoms with Crippen LogP contribution in [0.3, 0.4) is 0 Å². The largest absolute Gasteiger partial charge is 0.291 e. The fourth-order valence-corrected chi connectivity index (χ4v) is 1.88. The minimum absolute atomic E-state index is 0.999. The Balaban J connectivity index is 2.97. The Kier molecular flexibility index (Phi) is 1.68. The second-order valence-electron chi connectivity index (χ2n) is 2.85. The lowest BCUT2D eigenvalue weighted by molar-refractivity contribution is 1.06. The average Bonchev–Trinajstić information content (AvgIpc) is 2.29. The molecule has 2 nitrogen and oxygen atoms in total. The maximum absolute atomic E-state index is 4.39. The number of fused-ring (bicyclic) bond motifs is 1. The Hall–Kier alpha value is -0.830. The molecule has 0 amide bonds. The number of pyridine rings is 1. The van der Waals surface area contributed by atoms with Crippen molar-refractivity contribution in [3.8, 4) is 0 Å². The van der Waals surface area contributed by atoms with Gasteiger partial charge in [-0.1, -0.05) is 6.07 Å². The first-order valence-electron chi connectivity index (χ1n) is 3.80. The van der Waals surface area contributed by atoms with Gasteiger partial charge in [-0.25, -0.2) is 4.98 Å². The van der Waals surface area contributed by atoms with Crippen LogP contribution in [0.5, 0.6) is 0 Å². The molecule has 0 fully saturated rings. The fourth-order valence-electron chi connectivity index (χ4n) is 1.33. The maximum atomic E-state index is 4.39. The van der Waals surface area contributed by atoms with Gasteiger partial charge >= 0.3 is 0 Å². The predicted octanol–water partition coefficient (Wildman–Crippen LogP) is 2.71. The zero-order valence-electron chi connectivity index (χ0n) is 7.00. The van der Waals surface area contributed by atoms with Crippen LogP contribution >= 0.6 is 15.9 Å². The Morgan fingerprint density at radius 2 is 2.08 bits per heavy atom. The predicted molar refractivity (Wildman–Crippen MR) is 52.4 cm³/mol. The molecule has 0 saturated heterocycles. The third-order valence-corrected chi connectivity index (χ3v) is 2.87. The number of rotatable bonds is 0. The van der Waals surface area contributed by atoms with Gasteiger partial charge in [-0.2, -0.15) is 0 Å². The molecule has 0 atom stereocenters. The highest BCUT2D eigenvalue weighted by molar-refractivity contribution is 9.10. The molecule has 0 saturated carbocycles. The van der Waals surface area contributed by atoms with E-state index >= 15 is 0 Å². The molecule has 3 heteroatoms. The monoisotopic (exact) mass is 224 g/mol. The SMILES string of the molecule is Cc1nc2cccc(C)n2c1Br. The highest BCUT2D eigenvalue weighted by Crippen LogP contribution is 2.19. The van der Waals surface area contributed by atoms with E-state index in [-0.39, 0.29) is 0 Å². The first kappa shape index (κ1) is 7.80. The van der Waals surface area contributed by atoms with Crippen molar-refractivity contribution in [2.24, 2.45) is 0 Å². The number of aryl methyl sites for hydroxylation is 2. The topological polar surface area (TPSA) is 17.3 Å². The summed E-state index contributed by atoms with van der Waals surface area (Å²) in [7, 11) is 0. The maximum Gasteiger partial charge on any atom is 0.138 e. The lowest BCUT2D eigenvalue weighted by Gasteiger charge is -1.98. The van der Waals surface area contributed by atoms with E-state index in [1.165, 1.54) is 5.69 Å². The summed E-state index contributed by atoms with van der Waals surface area (Å²) in [4.78, 5) is 4.39. The van der Waals surface area contributed by atoms with Crippen molar-refractivity contribution < 1.29 is 0 Å². The molecule has 0 radical (unpaired) electrons. The quantitative estimate of drug-likeness (QED) is 0.673. The van der Waals surface area contributed by atoms with Gasteiger partial charge < -0.3 is 0 Å². The summed E-state index contributed by atoms with van der Waals surface area (Å²) in [6.45, 7) is 4.06. The zero-order valence-corrected chi connectivity index (χ0v) is 8.59. The Labute approximate surface area is 79.4 Å². The van der Waals surface area contributed by atoms with Gasteiger partial charge in [0.25, 0.3) is 0 Å². The van der Waals surface area contributed by atoms with Crippen molar-refractivity contribution in [2.75, 3.05) is 0 Å². The van der Waals surface area contributed by atoms with E-state index in [2.05, 4.69) is 38.3 Å². The van der Waals surface area contributed by atoms with Gasteiger partial charge in [0.2, 0.25) is 0 Å². The Morgan fingerprint density at radius 3 is 2.75 bits per heavy atom. The Morgan fingerprint density at radius 1 is 1.33 bits per heavy atom. The van der Waals surface area contributed by atoms with Crippen molar-refractivity contribution in [3.05, 3.63) is 34.2 Å². The van der Waals surface area contributed by atoms with Crippen molar-refractivity contribution in [1.82, 2.24) is 9.38 Å².